The maximum Gasteiger partial charge on any atom is 0.160 e. The molecule has 0 saturated carbocycles. The monoisotopic (exact) mass is 236 g/mol. The number of hydrogen-bond donors (Lipinski definition) is 1. The number of imidazole rings is 1. The van der Waals surface area contributed by atoms with E-state index in [1.165, 1.54) is 0 Å². The second kappa shape index (κ2) is 5.05. The van der Waals surface area contributed by atoms with Crippen LogP contribution in [0.1, 0.15) is 11.4 Å². The summed E-state index contributed by atoms with van der Waals surface area (Å²) in [6.07, 6.45) is 3.46. The van der Waals surface area contributed by atoms with Crippen LogP contribution in [0.25, 0.3) is 0 Å². The second-order valence-electron chi connectivity index (χ2n) is 3.42. The maximum absolute atomic E-state index is 10.7. The molecule has 0 aliphatic rings. The largest absolute Gasteiger partial charge is 0.330 e. The molecule has 1 heterocycles. The van der Waals surface area contributed by atoms with Gasteiger partial charge in [-0.3, -0.25) is 0 Å². The minimum Gasteiger partial charge on any atom is -0.330 e. The van der Waals surface area contributed by atoms with Crippen LogP contribution in [0, 0.1) is 0 Å². The fourth-order valence-electron chi connectivity index (χ4n) is 1.51. The van der Waals surface area contributed by atoms with E-state index in [1.807, 2.05) is 41.1 Å². The van der Waals surface area contributed by atoms with E-state index in [4.69, 9.17) is 4.55 Å². The zero-order chi connectivity index (χ0) is 11.4. The third kappa shape index (κ3) is 2.77. The molecule has 0 amide bonds. The first kappa shape index (κ1) is 11.0. The molecule has 2 aromatic rings. The van der Waals surface area contributed by atoms with Gasteiger partial charge in [0, 0.05) is 18.9 Å². The lowest BCUT2D eigenvalue weighted by Gasteiger charge is -2.06. The van der Waals surface area contributed by atoms with E-state index >= 15 is 0 Å². The van der Waals surface area contributed by atoms with Crippen molar-refractivity contribution in [2.24, 2.45) is 0 Å². The fourth-order valence-corrected chi connectivity index (χ4v) is 1.98. The van der Waals surface area contributed by atoms with Gasteiger partial charge in [-0.05, 0) is 5.56 Å². The first-order valence-corrected chi connectivity index (χ1v) is 6.14. The van der Waals surface area contributed by atoms with Gasteiger partial charge in [0.05, 0.1) is 0 Å². The molecule has 0 spiro atoms. The molecule has 1 aromatic heterocycles. The van der Waals surface area contributed by atoms with Gasteiger partial charge in [-0.1, -0.05) is 30.3 Å². The molecule has 0 aliphatic carbocycles. The first-order valence-electron chi connectivity index (χ1n) is 4.87. The highest BCUT2D eigenvalue weighted by Crippen LogP contribution is 2.06. The summed E-state index contributed by atoms with van der Waals surface area (Å²) in [4.78, 5) is 4.06. The molecular weight excluding hydrogens is 224 g/mol. The van der Waals surface area contributed by atoms with Gasteiger partial charge in [-0.15, -0.1) is 0 Å². The van der Waals surface area contributed by atoms with Gasteiger partial charge in [0.2, 0.25) is 0 Å². The van der Waals surface area contributed by atoms with E-state index in [0.29, 0.717) is 12.4 Å². The molecule has 0 bridgehead atoms. The van der Waals surface area contributed by atoms with Crippen molar-refractivity contribution in [2.45, 2.75) is 12.3 Å². The molecule has 4 nitrogen and oxygen atoms in total. The predicted octanol–water partition coefficient (Wildman–Crippen LogP) is 1.65. The molecule has 0 aliphatic heterocycles. The summed E-state index contributed by atoms with van der Waals surface area (Å²) in [7, 11) is 0. The van der Waals surface area contributed by atoms with Crippen LogP contribution >= 0.6 is 0 Å². The highest BCUT2D eigenvalue weighted by atomic mass is 32.2. The van der Waals surface area contributed by atoms with Crippen LogP contribution in [0.15, 0.2) is 42.7 Å². The Morgan fingerprint density at radius 3 is 2.75 bits per heavy atom. The molecule has 5 heteroatoms. The third-order valence-electron chi connectivity index (χ3n) is 2.25. The van der Waals surface area contributed by atoms with Crippen LogP contribution in [0.4, 0.5) is 0 Å². The summed E-state index contributed by atoms with van der Waals surface area (Å²) >= 11 is -1.85. The zero-order valence-electron chi connectivity index (χ0n) is 8.61. The molecule has 0 fully saturated rings. The number of aromatic nitrogens is 2. The molecule has 1 N–H and O–H groups in total. The Labute approximate surface area is 96.2 Å². The molecule has 2 rings (SSSR count). The Hall–Kier alpha value is -1.46. The Morgan fingerprint density at radius 2 is 2.06 bits per heavy atom. The average molecular weight is 236 g/mol. The highest BCUT2D eigenvalue weighted by molar-refractivity contribution is 7.78. The highest BCUT2D eigenvalue weighted by Gasteiger charge is 2.06. The van der Waals surface area contributed by atoms with E-state index in [9.17, 15) is 4.21 Å². The summed E-state index contributed by atoms with van der Waals surface area (Å²) in [5.41, 5.74) is 1.14. The topological polar surface area (TPSA) is 55.1 Å². The van der Waals surface area contributed by atoms with Gasteiger partial charge < -0.3 is 9.12 Å². The second-order valence-corrected chi connectivity index (χ2v) is 4.35. The SMILES string of the molecule is O=S(O)Cc1nccn1Cc1ccccc1. The Bertz CT molecular complexity index is 482. The summed E-state index contributed by atoms with van der Waals surface area (Å²) < 4.78 is 21.4. The molecule has 84 valence electrons. The number of hydrogen-bond acceptors (Lipinski definition) is 2. The van der Waals surface area contributed by atoms with Crippen molar-refractivity contribution in [1.82, 2.24) is 9.55 Å². The van der Waals surface area contributed by atoms with Crippen LogP contribution in [0.3, 0.4) is 0 Å². The molecule has 1 aromatic carbocycles. The molecule has 1 unspecified atom stereocenters. The number of benzene rings is 1. The lowest BCUT2D eigenvalue weighted by molar-refractivity contribution is 0.560. The standard InChI is InChI=1S/C11H12N2O2S/c14-16(15)9-11-12-6-7-13(11)8-10-4-2-1-3-5-10/h1-7H,8-9H2,(H,14,15). The fraction of sp³-hybridized carbons (Fsp3) is 0.182. The minimum atomic E-state index is -1.85. The molecule has 0 saturated heterocycles. The first-order chi connectivity index (χ1) is 7.75. The van der Waals surface area contributed by atoms with Crippen LogP contribution < -0.4 is 0 Å². The molecule has 0 radical (unpaired) electrons. The van der Waals surface area contributed by atoms with Crippen molar-refractivity contribution in [1.29, 1.82) is 0 Å². The number of nitrogens with zero attached hydrogens (tertiary/aromatic N) is 2. The van der Waals surface area contributed by atoms with E-state index < -0.39 is 11.1 Å². The lowest BCUT2D eigenvalue weighted by atomic mass is 10.2. The Morgan fingerprint density at radius 1 is 1.31 bits per heavy atom. The van der Waals surface area contributed by atoms with Crippen LogP contribution in [0.2, 0.25) is 0 Å². The van der Waals surface area contributed by atoms with Gasteiger partial charge in [0.1, 0.15) is 11.6 Å². The maximum atomic E-state index is 10.7. The van der Waals surface area contributed by atoms with Crippen LogP contribution in [0.5, 0.6) is 0 Å². The van der Waals surface area contributed by atoms with Gasteiger partial charge in [-0.2, -0.15) is 0 Å². The van der Waals surface area contributed by atoms with Crippen LogP contribution in [-0.4, -0.2) is 18.3 Å². The quantitative estimate of drug-likeness (QED) is 0.821. The van der Waals surface area contributed by atoms with Crippen molar-refractivity contribution in [3.8, 4) is 0 Å². The lowest BCUT2D eigenvalue weighted by Crippen LogP contribution is -2.06. The summed E-state index contributed by atoms with van der Waals surface area (Å²) in [5.74, 6) is 0.699. The van der Waals surface area contributed by atoms with Gasteiger partial charge >= 0.3 is 0 Å². The van der Waals surface area contributed by atoms with Crippen molar-refractivity contribution >= 4 is 11.1 Å². The van der Waals surface area contributed by atoms with E-state index in [-0.39, 0.29) is 5.75 Å². The van der Waals surface area contributed by atoms with Crippen LogP contribution in [-0.2, 0) is 23.4 Å². The van der Waals surface area contributed by atoms with Gasteiger partial charge in [-0.25, -0.2) is 9.19 Å². The summed E-state index contributed by atoms with van der Waals surface area (Å²) in [5, 5.41) is 0. The normalized spacial score (nSPS) is 12.6. The van der Waals surface area contributed by atoms with Gasteiger partial charge in [0.25, 0.3) is 0 Å². The molecular formula is C11H12N2O2S. The Balaban J connectivity index is 2.16. The van der Waals surface area contributed by atoms with Crippen molar-refractivity contribution < 1.29 is 8.76 Å². The molecule has 16 heavy (non-hydrogen) atoms. The third-order valence-corrected chi connectivity index (χ3v) is 2.76. The van der Waals surface area contributed by atoms with Crippen molar-refractivity contribution in [3.05, 3.63) is 54.1 Å². The van der Waals surface area contributed by atoms with Gasteiger partial charge in [0.15, 0.2) is 11.1 Å². The van der Waals surface area contributed by atoms with Crippen molar-refractivity contribution in [2.75, 3.05) is 0 Å². The van der Waals surface area contributed by atoms with Crippen molar-refractivity contribution in [3.63, 3.8) is 0 Å². The summed E-state index contributed by atoms with van der Waals surface area (Å²) in [6.45, 7) is 0.674. The molecule has 1 atom stereocenters. The van der Waals surface area contributed by atoms with E-state index in [1.54, 1.807) is 6.20 Å². The summed E-state index contributed by atoms with van der Waals surface area (Å²) in [6, 6.07) is 9.92. The predicted molar refractivity (Wildman–Crippen MR) is 62.2 cm³/mol. The Kier molecular flexibility index (Phi) is 3.48. The van der Waals surface area contributed by atoms with E-state index in [2.05, 4.69) is 4.98 Å². The number of rotatable bonds is 4. The average Bonchev–Trinajstić information content (AvgIpc) is 2.66. The zero-order valence-corrected chi connectivity index (χ0v) is 9.43. The smallest absolute Gasteiger partial charge is 0.160 e. The minimum absolute atomic E-state index is 0.0693. The van der Waals surface area contributed by atoms with E-state index in [0.717, 1.165) is 5.56 Å².